The molecule has 5 nitrogen and oxygen atoms in total. The monoisotopic (exact) mass is 242 g/mol. The number of nitrogens with zero attached hydrogens (tertiary/aromatic N) is 2. The Hall–Kier alpha value is -1.04. The van der Waals surface area contributed by atoms with Crippen LogP contribution in [0.3, 0.4) is 0 Å². The van der Waals surface area contributed by atoms with E-state index >= 15 is 0 Å². The maximum absolute atomic E-state index is 11.2. The first kappa shape index (κ1) is 11.4. The molecule has 0 unspecified atom stereocenters. The average Bonchev–Trinajstić information content (AvgIpc) is 2.83. The number of carbonyl (C=O) groups is 1. The topological polar surface area (TPSA) is 65.2 Å². The molecule has 0 radical (unpaired) electrons. The number of ether oxygens (including phenoxy) is 1. The largest absolute Gasteiger partial charge is 0.469 e. The van der Waals surface area contributed by atoms with Crippen LogP contribution in [0, 0.1) is 5.41 Å². The van der Waals surface area contributed by atoms with Gasteiger partial charge in [-0.1, -0.05) is 5.16 Å². The van der Waals surface area contributed by atoms with Crippen molar-refractivity contribution in [3.05, 3.63) is 12.2 Å². The second-order valence-electron chi connectivity index (χ2n) is 4.09. The number of rotatable bonds is 6. The summed E-state index contributed by atoms with van der Waals surface area (Å²) in [5.41, 5.74) is 0.168. The maximum Gasteiger partial charge on any atom is 0.306 e. The first-order valence-electron chi connectivity index (χ1n) is 5.14. The van der Waals surface area contributed by atoms with E-state index in [-0.39, 0.29) is 11.4 Å². The van der Waals surface area contributed by atoms with Crippen LogP contribution < -0.4 is 0 Å². The van der Waals surface area contributed by atoms with Gasteiger partial charge in [-0.3, -0.25) is 4.79 Å². The fourth-order valence-corrected chi connectivity index (χ4v) is 2.78. The summed E-state index contributed by atoms with van der Waals surface area (Å²) in [6, 6.07) is 0. The van der Waals surface area contributed by atoms with Gasteiger partial charge < -0.3 is 9.26 Å². The van der Waals surface area contributed by atoms with Crippen LogP contribution in [-0.2, 0) is 15.3 Å². The first-order chi connectivity index (χ1) is 7.74. The van der Waals surface area contributed by atoms with E-state index < -0.39 is 0 Å². The summed E-state index contributed by atoms with van der Waals surface area (Å²) < 4.78 is 9.34. The molecule has 0 bridgehead atoms. The van der Waals surface area contributed by atoms with Gasteiger partial charge in [0.15, 0.2) is 5.82 Å². The van der Waals surface area contributed by atoms with Crippen molar-refractivity contribution in [3.8, 4) is 0 Å². The Balaban J connectivity index is 1.71. The third-order valence-corrected chi connectivity index (χ3v) is 4.03. The molecule has 1 aliphatic carbocycles. The number of esters is 1. The molecule has 0 amide bonds. The van der Waals surface area contributed by atoms with Crippen molar-refractivity contribution in [2.24, 2.45) is 5.41 Å². The zero-order valence-corrected chi connectivity index (χ0v) is 9.96. The number of aromatic nitrogens is 2. The average molecular weight is 242 g/mol. The summed E-state index contributed by atoms with van der Waals surface area (Å²) in [7, 11) is 1.44. The third kappa shape index (κ3) is 2.98. The fraction of sp³-hybridized carbons (Fsp3) is 0.700. The quantitative estimate of drug-likeness (QED) is 0.707. The predicted molar refractivity (Wildman–Crippen MR) is 58.8 cm³/mol. The van der Waals surface area contributed by atoms with Crippen molar-refractivity contribution in [2.45, 2.75) is 25.0 Å². The van der Waals surface area contributed by atoms with Crippen molar-refractivity contribution in [1.82, 2.24) is 10.1 Å². The van der Waals surface area contributed by atoms with Gasteiger partial charge in [-0.25, -0.2) is 0 Å². The van der Waals surface area contributed by atoms with Gasteiger partial charge in [-0.15, -0.1) is 0 Å². The minimum absolute atomic E-state index is 0.113. The minimum Gasteiger partial charge on any atom is -0.469 e. The molecule has 16 heavy (non-hydrogen) atoms. The molecule has 1 aliphatic rings. The Bertz CT molecular complexity index is 349. The molecule has 88 valence electrons. The number of methoxy groups -OCH3 is 1. The molecule has 6 heteroatoms. The summed E-state index contributed by atoms with van der Waals surface area (Å²) in [5.74, 6) is 2.28. The van der Waals surface area contributed by atoms with Crippen LogP contribution in [0.4, 0.5) is 0 Å². The summed E-state index contributed by atoms with van der Waals surface area (Å²) in [6.07, 6.45) is 4.09. The van der Waals surface area contributed by atoms with Gasteiger partial charge >= 0.3 is 5.97 Å². The van der Waals surface area contributed by atoms with E-state index in [1.807, 2.05) is 0 Å². The normalized spacial score (nSPS) is 17.1. The molecule has 1 aromatic rings. The van der Waals surface area contributed by atoms with Gasteiger partial charge in [0.2, 0.25) is 6.39 Å². The van der Waals surface area contributed by atoms with Crippen molar-refractivity contribution in [3.63, 3.8) is 0 Å². The summed E-state index contributed by atoms with van der Waals surface area (Å²) >= 11 is 1.74. The lowest BCUT2D eigenvalue weighted by atomic mass is 10.1. The van der Waals surface area contributed by atoms with Crippen molar-refractivity contribution in [1.29, 1.82) is 0 Å². The van der Waals surface area contributed by atoms with Crippen LogP contribution in [0.5, 0.6) is 0 Å². The lowest BCUT2D eigenvalue weighted by molar-refractivity contribution is -0.141. The van der Waals surface area contributed by atoms with Gasteiger partial charge in [-0.2, -0.15) is 16.7 Å². The molecule has 1 aromatic heterocycles. The van der Waals surface area contributed by atoms with Gasteiger partial charge in [0.1, 0.15) is 0 Å². The molecule has 1 saturated carbocycles. The molecule has 0 atom stereocenters. The van der Waals surface area contributed by atoms with E-state index in [9.17, 15) is 4.79 Å². The number of hydrogen-bond acceptors (Lipinski definition) is 6. The van der Waals surface area contributed by atoms with E-state index in [1.165, 1.54) is 13.5 Å². The molecule has 0 saturated heterocycles. The zero-order chi connectivity index (χ0) is 11.4. The van der Waals surface area contributed by atoms with E-state index in [4.69, 9.17) is 4.74 Å². The van der Waals surface area contributed by atoms with E-state index in [0.717, 1.165) is 24.3 Å². The lowest BCUT2D eigenvalue weighted by Gasteiger charge is -2.11. The summed E-state index contributed by atoms with van der Waals surface area (Å²) in [6.45, 7) is 0. The molecule has 0 aliphatic heterocycles. The van der Waals surface area contributed by atoms with Crippen LogP contribution >= 0.6 is 11.8 Å². The van der Waals surface area contributed by atoms with E-state index in [2.05, 4.69) is 14.7 Å². The molecule has 1 heterocycles. The molecular weight excluding hydrogens is 228 g/mol. The fourth-order valence-electron chi connectivity index (χ4n) is 1.54. The molecule has 0 N–H and O–H groups in total. The smallest absolute Gasteiger partial charge is 0.306 e. The molecular formula is C10H14N2O3S. The second kappa shape index (κ2) is 4.86. The SMILES string of the molecule is COC(=O)CC1(CSCc2ncon2)CC1. The highest BCUT2D eigenvalue weighted by Crippen LogP contribution is 2.51. The molecule has 1 fully saturated rings. The minimum atomic E-state index is -0.113. The highest BCUT2D eigenvalue weighted by molar-refractivity contribution is 7.98. The Morgan fingerprint density at radius 1 is 1.69 bits per heavy atom. The summed E-state index contributed by atoms with van der Waals surface area (Å²) in [4.78, 5) is 15.1. The van der Waals surface area contributed by atoms with Crippen LogP contribution in [0.1, 0.15) is 25.1 Å². The van der Waals surface area contributed by atoms with Crippen LogP contribution in [-0.4, -0.2) is 29.0 Å². The highest BCUT2D eigenvalue weighted by atomic mass is 32.2. The number of thioether (sulfide) groups is 1. The Kier molecular flexibility index (Phi) is 3.48. The second-order valence-corrected chi connectivity index (χ2v) is 5.08. The Labute approximate surface area is 97.9 Å². The van der Waals surface area contributed by atoms with Crippen LogP contribution in [0.2, 0.25) is 0 Å². The molecule has 2 rings (SSSR count). The Morgan fingerprint density at radius 3 is 3.06 bits per heavy atom. The predicted octanol–water partition coefficient (Wildman–Crippen LogP) is 1.65. The first-order valence-corrected chi connectivity index (χ1v) is 6.29. The molecule has 0 aromatic carbocycles. The summed E-state index contributed by atoms with van der Waals surface area (Å²) in [5, 5.41) is 3.73. The maximum atomic E-state index is 11.2. The highest BCUT2D eigenvalue weighted by Gasteiger charge is 2.44. The van der Waals surface area contributed by atoms with Crippen molar-refractivity contribution < 1.29 is 14.1 Å². The number of carbonyl (C=O) groups excluding carboxylic acids is 1. The van der Waals surface area contributed by atoms with Gasteiger partial charge in [-0.05, 0) is 24.0 Å². The zero-order valence-electron chi connectivity index (χ0n) is 9.14. The van der Waals surface area contributed by atoms with Crippen molar-refractivity contribution in [2.75, 3.05) is 12.9 Å². The number of hydrogen-bond donors (Lipinski definition) is 0. The van der Waals surface area contributed by atoms with E-state index in [1.54, 1.807) is 11.8 Å². The Morgan fingerprint density at radius 2 is 2.50 bits per heavy atom. The third-order valence-electron chi connectivity index (χ3n) is 2.75. The van der Waals surface area contributed by atoms with Crippen LogP contribution in [0.15, 0.2) is 10.9 Å². The van der Waals surface area contributed by atoms with Gasteiger partial charge in [0, 0.05) is 0 Å². The van der Waals surface area contributed by atoms with Gasteiger partial charge in [0.25, 0.3) is 0 Å². The molecule has 0 spiro atoms. The van der Waals surface area contributed by atoms with Gasteiger partial charge in [0.05, 0.1) is 19.3 Å². The van der Waals surface area contributed by atoms with Crippen molar-refractivity contribution >= 4 is 17.7 Å². The van der Waals surface area contributed by atoms with E-state index in [0.29, 0.717) is 12.2 Å². The standard InChI is InChI=1S/C10H14N2O3S/c1-14-9(13)4-10(2-3-10)6-16-5-8-11-7-15-12-8/h7H,2-6H2,1H3. The van der Waals surface area contributed by atoms with Crippen LogP contribution in [0.25, 0.3) is 0 Å². The lowest BCUT2D eigenvalue weighted by Crippen LogP contribution is -2.13.